The van der Waals surface area contributed by atoms with Gasteiger partial charge in [-0.3, -0.25) is 0 Å². The molecular weight excluding hydrogens is 342 g/mol. The van der Waals surface area contributed by atoms with E-state index in [1.807, 2.05) is 27.0 Å². The number of rotatable bonds is 11. The standard InChI is InChI=1S/C18H30F2N4O2/c1-5-21-18(22-8-9-24(3)10-11-25-4)23-13-15-12-14(2)6-7-16(15)26-17(19)20/h6-7,12,17H,5,8-11,13H2,1-4H3,(H2,21,22,23). The second-order valence-corrected chi connectivity index (χ2v) is 5.91. The maximum Gasteiger partial charge on any atom is 0.387 e. The minimum absolute atomic E-state index is 0.157. The molecule has 0 atom stereocenters. The topological polar surface area (TPSA) is 58.1 Å². The largest absolute Gasteiger partial charge is 0.434 e. The van der Waals surface area contributed by atoms with E-state index in [-0.39, 0.29) is 12.3 Å². The van der Waals surface area contributed by atoms with E-state index in [9.17, 15) is 8.78 Å². The quantitative estimate of drug-likeness (QED) is 0.461. The number of alkyl halides is 2. The summed E-state index contributed by atoms with van der Waals surface area (Å²) in [5.41, 5.74) is 1.59. The number of aliphatic imine (C=N–C) groups is 1. The van der Waals surface area contributed by atoms with Crippen molar-refractivity contribution in [2.45, 2.75) is 27.0 Å². The van der Waals surface area contributed by atoms with Crippen LogP contribution in [0.4, 0.5) is 8.78 Å². The number of hydrogen-bond donors (Lipinski definition) is 2. The van der Waals surface area contributed by atoms with Gasteiger partial charge in [0.2, 0.25) is 0 Å². The van der Waals surface area contributed by atoms with Gasteiger partial charge in [-0.2, -0.15) is 8.78 Å². The summed E-state index contributed by atoms with van der Waals surface area (Å²) in [6.07, 6.45) is 0. The number of nitrogens with zero attached hydrogens (tertiary/aromatic N) is 2. The highest BCUT2D eigenvalue weighted by atomic mass is 19.3. The summed E-state index contributed by atoms with van der Waals surface area (Å²) in [7, 11) is 3.70. The van der Waals surface area contributed by atoms with Gasteiger partial charge in [-0.25, -0.2) is 4.99 Å². The Morgan fingerprint density at radius 2 is 2.04 bits per heavy atom. The first-order chi connectivity index (χ1) is 12.5. The molecule has 0 bridgehead atoms. The fourth-order valence-electron chi connectivity index (χ4n) is 2.27. The van der Waals surface area contributed by atoms with Gasteiger partial charge in [0.25, 0.3) is 0 Å². The summed E-state index contributed by atoms with van der Waals surface area (Å²) in [6, 6.07) is 5.10. The lowest BCUT2D eigenvalue weighted by atomic mass is 10.1. The number of halogens is 2. The molecule has 0 aliphatic rings. The van der Waals surface area contributed by atoms with Crippen LogP contribution in [0.15, 0.2) is 23.2 Å². The molecule has 1 aromatic rings. The van der Waals surface area contributed by atoms with Gasteiger partial charge in [-0.05, 0) is 27.0 Å². The van der Waals surface area contributed by atoms with Gasteiger partial charge >= 0.3 is 6.61 Å². The first-order valence-corrected chi connectivity index (χ1v) is 8.70. The summed E-state index contributed by atoms with van der Waals surface area (Å²) in [4.78, 5) is 6.63. The van der Waals surface area contributed by atoms with Crippen molar-refractivity contribution in [2.24, 2.45) is 4.99 Å². The number of guanidine groups is 1. The van der Waals surface area contributed by atoms with E-state index >= 15 is 0 Å². The zero-order chi connectivity index (χ0) is 19.4. The molecular formula is C18H30F2N4O2. The lowest BCUT2D eigenvalue weighted by Crippen LogP contribution is -2.41. The molecule has 0 heterocycles. The highest BCUT2D eigenvalue weighted by molar-refractivity contribution is 5.79. The predicted octanol–water partition coefficient (Wildman–Crippen LogP) is 2.23. The number of hydrogen-bond acceptors (Lipinski definition) is 4. The van der Waals surface area contributed by atoms with Crippen LogP contribution in [0.1, 0.15) is 18.1 Å². The van der Waals surface area contributed by atoms with E-state index in [1.165, 1.54) is 0 Å². The van der Waals surface area contributed by atoms with Crippen LogP contribution in [0.5, 0.6) is 5.75 Å². The summed E-state index contributed by atoms with van der Waals surface area (Å²) < 4.78 is 34.7. The summed E-state index contributed by atoms with van der Waals surface area (Å²) >= 11 is 0. The Kier molecular flexibility index (Phi) is 10.6. The van der Waals surface area contributed by atoms with E-state index in [4.69, 9.17) is 4.74 Å². The van der Waals surface area contributed by atoms with Gasteiger partial charge in [0, 0.05) is 38.9 Å². The summed E-state index contributed by atoms with van der Waals surface area (Å²) in [5.74, 6) is 0.793. The molecule has 0 spiro atoms. The van der Waals surface area contributed by atoms with E-state index in [0.717, 1.165) is 18.7 Å². The average Bonchev–Trinajstić information content (AvgIpc) is 2.59. The van der Waals surface area contributed by atoms with E-state index < -0.39 is 6.61 Å². The molecule has 1 rings (SSSR count). The molecule has 0 amide bonds. The highest BCUT2D eigenvalue weighted by Crippen LogP contribution is 2.22. The van der Waals surface area contributed by atoms with Gasteiger partial charge < -0.3 is 25.0 Å². The van der Waals surface area contributed by atoms with Gasteiger partial charge in [0.05, 0.1) is 13.2 Å². The molecule has 26 heavy (non-hydrogen) atoms. The molecule has 6 nitrogen and oxygen atoms in total. The monoisotopic (exact) mass is 372 g/mol. The summed E-state index contributed by atoms with van der Waals surface area (Å²) in [6.45, 7) is 5.05. The van der Waals surface area contributed by atoms with E-state index in [0.29, 0.717) is 31.2 Å². The van der Waals surface area contributed by atoms with Crippen LogP contribution >= 0.6 is 0 Å². The molecule has 1 aromatic carbocycles. The Hall–Kier alpha value is -1.93. The maximum absolute atomic E-state index is 12.6. The Balaban J connectivity index is 2.67. The zero-order valence-corrected chi connectivity index (χ0v) is 16.0. The molecule has 0 aliphatic heterocycles. The smallest absolute Gasteiger partial charge is 0.387 e. The van der Waals surface area contributed by atoms with Crippen molar-refractivity contribution in [3.63, 3.8) is 0 Å². The Morgan fingerprint density at radius 1 is 1.27 bits per heavy atom. The number of aryl methyl sites for hydroxylation is 1. The normalized spacial score (nSPS) is 11.9. The van der Waals surface area contributed by atoms with Crippen molar-refractivity contribution in [1.29, 1.82) is 0 Å². The van der Waals surface area contributed by atoms with Gasteiger partial charge in [-0.1, -0.05) is 17.7 Å². The Bertz CT molecular complexity index is 556. The van der Waals surface area contributed by atoms with Crippen LogP contribution < -0.4 is 15.4 Å². The highest BCUT2D eigenvalue weighted by Gasteiger charge is 2.10. The van der Waals surface area contributed by atoms with E-state index in [2.05, 4.69) is 25.3 Å². The third-order valence-electron chi connectivity index (χ3n) is 3.65. The van der Waals surface area contributed by atoms with E-state index in [1.54, 1.807) is 19.2 Å². The van der Waals surface area contributed by atoms with Crippen LogP contribution in [-0.4, -0.2) is 64.4 Å². The molecule has 0 aromatic heterocycles. The SMILES string of the molecule is CCNC(=NCc1cc(C)ccc1OC(F)F)NCCN(C)CCOC. The first kappa shape index (κ1) is 22.1. The number of likely N-dealkylation sites (N-methyl/N-ethyl adjacent to an activating group) is 1. The average molecular weight is 372 g/mol. The predicted molar refractivity (Wildman–Crippen MR) is 100 cm³/mol. The van der Waals surface area contributed by atoms with Crippen molar-refractivity contribution in [3.05, 3.63) is 29.3 Å². The van der Waals surface area contributed by atoms with Crippen LogP contribution in [0.3, 0.4) is 0 Å². The first-order valence-electron chi connectivity index (χ1n) is 8.70. The van der Waals surface area contributed by atoms with Crippen molar-refractivity contribution in [3.8, 4) is 5.75 Å². The Morgan fingerprint density at radius 3 is 2.69 bits per heavy atom. The number of nitrogens with one attached hydrogen (secondary N) is 2. The molecule has 0 saturated carbocycles. The molecule has 0 unspecified atom stereocenters. The fraction of sp³-hybridized carbons (Fsp3) is 0.611. The van der Waals surface area contributed by atoms with Crippen LogP contribution in [-0.2, 0) is 11.3 Å². The summed E-state index contributed by atoms with van der Waals surface area (Å²) in [5, 5.41) is 6.39. The fourth-order valence-corrected chi connectivity index (χ4v) is 2.27. The maximum atomic E-state index is 12.6. The minimum Gasteiger partial charge on any atom is -0.434 e. The van der Waals surface area contributed by atoms with Gasteiger partial charge in [0.15, 0.2) is 5.96 Å². The van der Waals surface area contributed by atoms with Crippen LogP contribution in [0.25, 0.3) is 0 Å². The molecule has 0 fully saturated rings. The number of ether oxygens (including phenoxy) is 2. The molecule has 8 heteroatoms. The third kappa shape index (κ3) is 8.96. The van der Waals surface area contributed by atoms with Crippen LogP contribution in [0.2, 0.25) is 0 Å². The molecule has 0 aliphatic carbocycles. The van der Waals surface area contributed by atoms with Crippen molar-refractivity contribution in [1.82, 2.24) is 15.5 Å². The second-order valence-electron chi connectivity index (χ2n) is 5.91. The molecule has 2 N–H and O–H groups in total. The van der Waals surface area contributed by atoms with Crippen molar-refractivity contribution >= 4 is 5.96 Å². The second kappa shape index (κ2) is 12.4. The van der Waals surface area contributed by atoms with Gasteiger partial charge in [-0.15, -0.1) is 0 Å². The van der Waals surface area contributed by atoms with Gasteiger partial charge in [0.1, 0.15) is 5.75 Å². The van der Waals surface area contributed by atoms with Crippen molar-refractivity contribution < 1.29 is 18.3 Å². The lowest BCUT2D eigenvalue weighted by Gasteiger charge is -2.18. The number of benzene rings is 1. The minimum atomic E-state index is -2.85. The van der Waals surface area contributed by atoms with Crippen LogP contribution in [0, 0.1) is 6.92 Å². The Labute approximate surface area is 154 Å². The lowest BCUT2D eigenvalue weighted by molar-refractivity contribution is -0.0504. The molecule has 148 valence electrons. The number of methoxy groups -OCH3 is 1. The third-order valence-corrected chi connectivity index (χ3v) is 3.65. The molecule has 0 radical (unpaired) electrons. The van der Waals surface area contributed by atoms with Crippen molar-refractivity contribution in [2.75, 3.05) is 46.9 Å². The molecule has 0 saturated heterocycles. The zero-order valence-electron chi connectivity index (χ0n) is 16.0.